The lowest BCUT2D eigenvalue weighted by Crippen LogP contribution is -2.45. The van der Waals surface area contributed by atoms with E-state index in [1.54, 1.807) is 0 Å². The molecule has 2 atom stereocenters. The lowest BCUT2D eigenvalue weighted by atomic mass is 9.74. The molecule has 8 nitrogen and oxygen atoms in total. The molecular formula is C16H21NO7S. The van der Waals surface area contributed by atoms with E-state index in [4.69, 9.17) is 14.2 Å². The van der Waals surface area contributed by atoms with Crippen LogP contribution in [0.15, 0.2) is 23.1 Å². The van der Waals surface area contributed by atoms with Crippen molar-refractivity contribution in [2.75, 3.05) is 40.5 Å². The van der Waals surface area contributed by atoms with Crippen molar-refractivity contribution in [2.24, 2.45) is 11.3 Å². The van der Waals surface area contributed by atoms with Crippen molar-refractivity contribution >= 4 is 16.0 Å². The van der Waals surface area contributed by atoms with Gasteiger partial charge in [0.05, 0.1) is 31.1 Å². The normalized spacial score (nSPS) is 26.9. The summed E-state index contributed by atoms with van der Waals surface area (Å²) in [6.07, 6.45) is 0.310. The summed E-state index contributed by atoms with van der Waals surface area (Å²) in [5, 5.41) is 9.69. The summed E-state index contributed by atoms with van der Waals surface area (Å²) in [4.78, 5) is 11.9. The van der Waals surface area contributed by atoms with Gasteiger partial charge in [-0.15, -0.1) is 0 Å². The molecule has 1 aromatic carbocycles. The van der Waals surface area contributed by atoms with Crippen LogP contribution in [0.3, 0.4) is 0 Å². The van der Waals surface area contributed by atoms with Gasteiger partial charge in [-0.3, -0.25) is 4.79 Å². The number of carboxylic acids is 1. The Kier molecular flexibility index (Phi) is 4.65. The number of hydrogen-bond acceptors (Lipinski definition) is 6. The zero-order valence-electron chi connectivity index (χ0n) is 14.1. The molecule has 9 heteroatoms. The van der Waals surface area contributed by atoms with Crippen molar-refractivity contribution in [1.29, 1.82) is 0 Å². The summed E-state index contributed by atoms with van der Waals surface area (Å²) in [6, 6.07) is 4.34. The third kappa shape index (κ3) is 2.86. The van der Waals surface area contributed by atoms with Crippen LogP contribution in [0.1, 0.15) is 6.42 Å². The van der Waals surface area contributed by atoms with Crippen LogP contribution in [0.2, 0.25) is 0 Å². The second kappa shape index (κ2) is 6.47. The highest BCUT2D eigenvalue weighted by Crippen LogP contribution is 2.44. The molecule has 2 fully saturated rings. The summed E-state index contributed by atoms with van der Waals surface area (Å²) >= 11 is 0. The van der Waals surface area contributed by atoms with Crippen LogP contribution < -0.4 is 9.47 Å². The van der Waals surface area contributed by atoms with Crippen molar-refractivity contribution in [3.05, 3.63) is 18.2 Å². The number of nitrogens with zero attached hydrogens (tertiary/aromatic N) is 1. The molecule has 0 spiro atoms. The number of hydrogen-bond donors (Lipinski definition) is 1. The molecule has 2 aliphatic heterocycles. The Labute approximate surface area is 146 Å². The zero-order valence-corrected chi connectivity index (χ0v) is 14.9. The van der Waals surface area contributed by atoms with Crippen molar-refractivity contribution in [2.45, 2.75) is 11.3 Å². The largest absolute Gasteiger partial charge is 0.493 e. The van der Waals surface area contributed by atoms with E-state index < -0.39 is 21.4 Å². The highest BCUT2D eigenvalue weighted by atomic mass is 32.2. The van der Waals surface area contributed by atoms with Crippen molar-refractivity contribution < 1.29 is 32.5 Å². The molecule has 0 aromatic heterocycles. The Morgan fingerprint density at radius 2 is 2.04 bits per heavy atom. The summed E-state index contributed by atoms with van der Waals surface area (Å²) in [5.74, 6) is -0.595. The van der Waals surface area contributed by atoms with Crippen molar-refractivity contribution in [1.82, 2.24) is 4.31 Å². The SMILES string of the molecule is COc1ccc(S(=O)(=O)N2C[C@@H]3COCC[C@]3(C(=O)O)C2)cc1OC. The number of aliphatic carboxylic acids is 1. The van der Waals surface area contributed by atoms with Gasteiger partial charge in [0.1, 0.15) is 0 Å². The van der Waals surface area contributed by atoms with Crippen molar-refractivity contribution in [3.63, 3.8) is 0 Å². The van der Waals surface area contributed by atoms with Gasteiger partial charge in [-0.1, -0.05) is 0 Å². The van der Waals surface area contributed by atoms with Crippen LogP contribution in [-0.4, -0.2) is 64.3 Å². The van der Waals surface area contributed by atoms with E-state index in [-0.39, 0.29) is 30.5 Å². The van der Waals surface area contributed by atoms with Gasteiger partial charge in [-0.05, 0) is 18.6 Å². The van der Waals surface area contributed by atoms with Gasteiger partial charge >= 0.3 is 5.97 Å². The maximum absolute atomic E-state index is 13.0. The molecule has 0 radical (unpaired) electrons. The van der Waals surface area contributed by atoms with Crippen LogP contribution in [0.5, 0.6) is 11.5 Å². The molecule has 0 saturated carbocycles. The van der Waals surface area contributed by atoms with E-state index >= 15 is 0 Å². The van der Waals surface area contributed by atoms with E-state index in [0.717, 1.165) is 0 Å². The minimum absolute atomic E-state index is 0.0465. The van der Waals surface area contributed by atoms with Gasteiger partial charge in [0.2, 0.25) is 10.0 Å². The first-order chi connectivity index (χ1) is 11.8. The molecule has 0 amide bonds. The standard InChI is InChI=1S/C16H21NO7S/c1-22-13-4-3-12(7-14(13)23-2)25(20,21)17-8-11-9-24-6-5-16(11,10-17)15(18)19/h3-4,7,11H,5-6,8-10H2,1-2H3,(H,18,19)/t11-,16+/m1/s1. The number of ether oxygens (including phenoxy) is 3. The number of fused-ring (bicyclic) bond motifs is 1. The van der Waals surface area contributed by atoms with Crippen LogP contribution in [0, 0.1) is 11.3 Å². The van der Waals surface area contributed by atoms with Gasteiger partial charge in [0.15, 0.2) is 11.5 Å². The lowest BCUT2D eigenvalue weighted by Gasteiger charge is -2.34. The number of methoxy groups -OCH3 is 2. The fourth-order valence-electron chi connectivity index (χ4n) is 3.56. The van der Waals surface area contributed by atoms with Gasteiger partial charge < -0.3 is 19.3 Å². The van der Waals surface area contributed by atoms with E-state index in [2.05, 4.69) is 0 Å². The number of carboxylic acid groups (broad SMARTS) is 1. The third-order valence-electron chi connectivity index (χ3n) is 5.09. The molecule has 0 unspecified atom stereocenters. The quantitative estimate of drug-likeness (QED) is 0.817. The second-order valence-electron chi connectivity index (χ2n) is 6.30. The Morgan fingerprint density at radius 3 is 2.64 bits per heavy atom. The first-order valence-electron chi connectivity index (χ1n) is 7.88. The molecule has 2 aliphatic rings. The zero-order chi connectivity index (χ0) is 18.2. The molecule has 25 heavy (non-hydrogen) atoms. The Hall–Kier alpha value is -1.84. The van der Waals surface area contributed by atoms with Gasteiger partial charge in [0.25, 0.3) is 0 Å². The Bertz CT molecular complexity index is 779. The van der Waals surface area contributed by atoms with Crippen LogP contribution in [0.4, 0.5) is 0 Å². The van der Waals surface area contributed by atoms with Crippen LogP contribution in [-0.2, 0) is 19.6 Å². The third-order valence-corrected chi connectivity index (χ3v) is 6.90. The lowest BCUT2D eigenvalue weighted by molar-refractivity contribution is -0.157. The van der Waals surface area contributed by atoms with Gasteiger partial charge in [-0.25, -0.2) is 8.42 Å². The first-order valence-corrected chi connectivity index (χ1v) is 9.32. The molecule has 0 aliphatic carbocycles. The smallest absolute Gasteiger partial charge is 0.311 e. The second-order valence-corrected chi connectivity index (χ2v) is 8.24. The minimum Gasteiger partial charge on any atom is -0.493 e. The van der Waals surface area contributed by atoms with E-state index in [1.807, 2.05) is 0 Å². The highest BCUT2D eigenvalue weighted by molar-refractivity contribution is 7.89. The average molecular weight is 371 g/mol. The molecule has 138 valence electrons. The maximum atomic E-state index is 13.0. The Balaban J connectivity index is 1.95. The van der Waals surface area contributed by atoms with Crippen LogP contribution in [0.25, 0.3) is 0 Å². The average Bonchev–Trinajstić information content (AvgIpc) is 3.03. The number of sulfonamides is 1. The summed E-state index contributed by atoms with van der Waals surface area (Å²) in [7, 11) is -0.955. The molecule has 2 saturated heterocycles. The van der Waals surface area contributed by atoms with E-state index in [0.29, 0.717) is 24.5 Å². The summed E-state index contributed by atoms with van der Waals surface area (Å²) in [5.41, 5.74) is -1.08. The Morgan fingerprint density at radius 1 is 1.32 bits per heavy atom. The summed E-state index contributed by atoms with van der Waals surface area (Å²) in [6.45, 7) is 0.660. The summed E-state index contributed by atoms with van der Waals surface area (Å²) < 4.78 is 42.9. The fraction of sp³-hybridized carbons (Fsp3) is 0.562. The molecule has 2 heterocycles. The van der Waals surface area contributed by atoms with Gasteiger partial charge in [0, 0.05) is 31.7 Å². The monoisotopic (exact) mass is 371 g/mol. The maximum Gasteiger partial charge on any atom is 0.311 e. The van der Waals surface area contributed by atoms with E-state index in [1.165, 1.54) is 36.7 Å². The molecule has 1 aromatic rings. The predicted molar refractivity (Wildman–Crippen MR) is 87.3 cm³/mol. The number of carbonyl (C=O) groups is 1. The minimum atomic E-state index is -3.85. The topological polar surface area (TPSA) is 102 Å². The van der Waals surface area contributed by atoms with E-state index in [9.17, 15) is 18.3 Å². The molecule has 0 bridgehead atoms. The predicted octanol–water partition coefficient (Wildman–Crippen LogP) is 0.816. The van der Waals surface area contributed by atoms with Gasteiger partial charge in [-0.2, -0.15) is 4.31 Å². The highest BCUT2D eigenvalue weighted by Gasteiger charge is 2.56. The van der Waals surface area contributed by atoms with Crippen LogP contribution >= 0.6 is 0 Å². The molecule has 1 N–H and O–H groups in total. The van der Waals surface area contributed by atoms with Crippen molar-refractivity contribution in [3.8, 4) is 11.5 Å². The number of rotatable bonds is 5. The first kappa shape index (κ1) is 18.0. The molecule has 3 rings (SSSR count). The molecular weight excluding hydrogens is 350 g/mol. The number of benzene rings is 1. The fourth-order valence-corrected chi connectivity index (χ4v) is 5.13.